The number of rotatable bonds is 6. The van der Waals surface area contributed by atoms with Crippen molar-refractivity contribution in [1.82, 2.24) is 0 Å². The second kappa shape index (κ2) is 6.38. The molecule has 1 aromatic carbocycles. The van der Waals surface area contributed by atoms with Crippen LogP contribution in [-0.2, 0) is 0 Å². The van der Waals surface area contributed by atoms with E-state index in [0.717, 1.165) is 17.9 Å². The van der Waals surface area contributed by atoms with E-state index in [4.69, 9.17) is 15.2 Å². The molecule has 0 radical (unpaired) electrons. The molecule has 1 aromatic rings. The summed E-state index contributed by atoms with van der Waals surface area (Å²) >= 11 is 0. The highest BCUT2D eigenvalue weighted by Gasteiger charge is 2.09. The largest absolute Gasteiger partial charge is 0.493 e. The quantitative estimate of drug-likeness (QED) is 0.806. The van der Waals surface area contributed by atoms with E-state index in [-0.39, 0.29) is 0 Å². The second-order valence-electron chi connectivity index (χ2n) is 3.82. The smallest absolute Gasteiger partial charge is 0.161 e. The van der Waals surface area contributed by atoms with Crippen LogP contribution in [0.1, 0.15) is 31.7 Å². The van der Waals surface area contributed by atoms with Gasteiger partial charge in [-0.15, -0.1) is 0 Å². The summed E-state index contributed by atoms with van der Waals surface area (Å²) in [5.41, 5.74) is 6.80. The lowest BCUT2D eigenvalue weighted by molar-refractivity contribution is 0.310. The van der Waals surface area contributed by atoms with Crippen molar-refractivity contribution in [2.75, 3.05) is 20.3 Å². The van der Waals surface area contributed by atoms with Crippen molar-refractivity contribution < 1.29 is 9.47 Å². The Bertz CT molecular complexity index is 326. The maximum atomic E-state index is 5.56. The predicted molar refractivity (Wildman–Crippen MR) is 66.2 cm³/mol. The summed E-state index contributed by atoms with van der Waals surface area (Å²) in [5.74, 6) is 2.05. The average Bonchev–Trinajstić information content (AvgIpc) is 2.30. The maximum absolute atomic E-state index is 5.56. The van der Waals surface area contributed by atoms with Gasteiger partial charge in [0.15, 0.2) is 11.5 Å². The normalized spacial score (nSPS) is 12.2. The third-order valence-electron chi connectivity index (χ3n) is 2.66. The molecule has 90 valence electrons. The van der Waals surface area contributed by atoms with Gasteiger partial charge < -0.3 is 15.2 Å². The van der Waals surface area contributed by atoms with E-state index in [1.807, 2.05) is 19.1 Å². The summed E-state index contributed by atoms with van der Waals surface area (Å²) < 4.78 is 10.8. The summed E-state index contributed by atoms with van der Waals surface area (Å²) in [6, 6.07) is 6.07. The SMILES string of the molecule is CCOc1ccc(C(C)CCN)cc1OC. The van der Waals surface area contributed by atoms with Crippen molar-refractivity contribution in [3.63, 3.8) is 0 Å². The lowest BCUT2D eigenvalue weighted by Gasteiger charge is -2.14. The molecule has 1 atom stereocenters. The van der Waals surface area contributed by atoms with Crippen LogP contribution in [0.3, 0.4) is 0 Å². The van der Waals surface area contributed by atoms with Gasteiger partial charge in [-0.25, -0.2) is 0 Å². The zero-order valence-corrected chi connectivity index (χ0v) is 10.3. The fraction of sp³-hybridized carbons (Fsp3) is 0.538. The van der Waals surface area contributed by atoms with E-state index >= 15 is 0 Å². The standard InChI is InChI=1S/C13H21NO2/c1-4-16-12-6-5-11(9-13(12)15-3)10(2)7-8-14/h5-6,9-10H,4,7-8,14H2,1-3H3. The summed E-state index contributed by atoms with van der Waals surface area (Å²) in [5, 5.41) is 0. The van der Waals surface area contributed by atoms with Crippen molar-refractivity contribution in [2.45, 2.75) is 26.2 Å². The number of hydrogen-bond acceptors (Lipinski definition) is 3. The Labute approximate surface area is 97.6 Å². The van der Waals surface area contributed by atoms with Gasteiger partial charge in [0.2, 0.25) is 0 Å². The molecule has 0 saturated heterocycles. The average molecular weight is 223 g/mol. The Hall–Kier alpha value is -1.22. The third kappa shape index (κ3) is 3.14. The van der Waals surface area contributed by atoms with Crippen LogP contribution in [0.4, 0.5) is 0 Å². The zero-order chi connectivity index (χ0) is 12.0. The molecule has 16 heavy (non-hydrogen) atoms. The first-order valence-corrected chi connectivity index (χ1v) is 5.73. The Morgan fingerprint density at radius 3 is 2.62 bits per heavy atom. The van der Waals surface area contributed by atoms with Crippen LogP contribution in [-0.4, -0.2) is 20.3 Å². The number of hydrogen-bond donors (Lipinski definition) is 1. The van der Waals surface area contributed by atoms with Crippen LogP contribution in [0.15, 0.2) is 18.2 Å². The van der Waals surface area contributed by atoms with Crippen LogP contribution in [0.2, 0.25) is 0 Å². The summed E-state index contributed by atoms with van der Waals surface area (Å²) in [6.07, 6.45) is 0.983. The Morgan fingerprint density at radius 1 is 1.31 bits per heavy atom. The first-order valence-electron chi connectivity index (χ1n) is 5.73. The second-order valence-corrected chi connectivity index (χ2v) is 3.82. The minimum absolute atomic E-state index is 0.453. The molecule has 0 amide bonds. The highest BCUT2D eigenvalue weighted by atomic mass is 16.5. The molecule has 3 heteroatoms. The predicted octanol–water partition coefficient (Wildman–Crippen LogP) is 2.55. The molecule has 1 unspecified atom stereocenters. The van der Waals surface area contributed by atoms with Gasteiger partial charge in [-0.1, -0.05) is 13.0 Å². The lowest BCUT2D eigenvalue weighted by Crippen LogP contribution is -2.05. The molecule has 0 spiro atoms. The van der Waals surface area contributed by atoms with Crippen molar-refractivity contribution in [3.8, 4) is 11.5 Å². The first-order chi connectivity index (χ1) is 7.72. The molecule has 0 aliphatic rings. The van der Waals surface area contributed by atoms with Crippen LogP contribution in [0, 0.1) is 0 Å². The van der Waals surface area contributed by atoms with Crippen LogP contribution < -0.4 is 15.2 Å². The van der Waals surface area contributed by atoms with Gasteiger partial charge in [0.25, 0.3) is 0 Å². The molecule has 1 rings (SSSR count). The van der Waals surface area contributed by atoms with Gasteiger partial charge in [-0.2, -0.15) is 0 Å². The Morgan fingerprint density at radius 2 is 2.06 bits per heavy atom. The zero-order valence-electron chi connectivity index (χ0n) is 10.3. The van der Waals surface area contributed by atoms with E-state index in [0.29, 0.717) is 19.1 Å². The first kappa shape index (κ1) is 12.8. The molecular weight excluding hydrogens is 202 g/mol. The lowest BCUT2D eigenvalue weighted by atomic mass is 9.97. The molecule has 0 heterocycles. The van der Waals surface area contributed by atoms with Crippen molar-refractivity contribution in [1.29, 1.82) is 0 Å². The topological polar surface area (TPSA) is 44.5 Å². The Balaban J connectivity index is 2.89. The summed E-state index contributed by atoms with van der Waals surface area (Å²) in [7, 11) is 1.66. The van der Waals surface area contributed by atoms with E-state index in [2.05, 4.69) is 13.0 Å². The monoisotopic (exact) mass is 223 g/mol. The maximum Gasteiger partial charge on any atom is 0.161 e. The Kier molecular flexibility index (Phi) is 5.12. The van der Waals surface area contributed by atoms with Crippen molar-refractivity contribution >= 4 is 0 Å². The number of benzene rings is 1. The van der Waals surface area contributed by atoms with Crippen LogP contribution in [0.25, 0.3) is 0 Å². The highest BCUT2D eigenvalue weighted by Crippen LogP contribution is 2.31. The summed E-state index contributed by atoms with van der Waals surface area (Å²) in [4.78, 5) is 0. The van der Waals surface area contributed by atoms with Gasteiger partial charge in [-0.05, 0) is 43.5 Å². The van der Waals surface area contributed by atoms with Gasteiger partial charge in [0, 0.05) is 0 Å². The van der Waals surface area contributed by atoms with Crippen molar-refractivity contribution in [3.05, 3.63) is 23.8 Å². The fourth-order valence-electron chi connectivity index (χ4n) is 1.68. The third-order valence-corrected chi connectivity index (χ3v) is 2.66. The number of ether oxygens (including phenoxy) is 2. The van der Waals surface area contributed by atoms with Gasteiger partial charge >= 0.3 is 0 Å². The molecule has 0 bridgehead atoms. The van der Waals surface area contributed by atoms with Crippen LogP contribution in [0.5, 0.6) is 11.5 Å². The molecule has 0 aliphatic heterocycles. The minimum atomic E-state index is 0.453. The molecule has 3 nitrogen and oxygen atoms in total. The van der Waals surface area contributed by atoms with Crippen LogP contribution >= 0.6 is 0 Å². The van der Waals surface area contributed by atoms with Gasteiger partial charge in [-0.3, -0.25) is 0 Å². The molecule has 0 aromatic heterocycles. The number of nitrogens with two attached hydrogens (primary N) is 1. The molecular formula is C13H21NO2. The molecule has 0 fully saturated rings. The molecule has 0 saturated carbocycles. The van der Waals surface area contributed by atoms with Crippen molar-refractivity contribution in [2.24, 2.45) is 5.73 Å². The molecule has 2 N–H and O–H groups in total. The summed E-state index contributed by atoms with van der Waals surface area (Å²) in [6.45, 7) is 5.48. The van der Waals surface area contributed by atoms with E-state index in [1.165, 1.54) is 5.56 Å². The van der Waals surface area contributed by atoms with Gasteiger partial charge in [0.1, 0.15) is 0 Å². The van der Waals surface area contributed by atoms with E-state index in [1.54, 1.807) is 7.11 Å². The van der Waals surface area contributed by atoms with Gasteiger partial charge in [0.05, 0.1) is 13.7 Å². The highest BCUT2D eigenvalue weighted by molar-refractivity contribution is 5.43. The van der Waals surface area contributed by atoms with E-state index in [9.17, 15) is 0 Å². The fourth-order valence-corrected chi connectivity index (χ4v) is 1.68. The minimum Gasteiger partial charge on any atom is -0.493 e. The number of methoxy groups -OCH3 is 1. The van der Waals surface area contributed by atoms with E-state index < -0.39 is 0 Å². The molecule has 0 aliphatic carbocycles.